The van der Waals surface area contributed by atoms with Crippen LogP contribution in [0.4, 0.5) is 0 Å². The highest BCUT2D eigenvalue weighted by Gasteiger charge is 2.87. The molecule has 0 bridgehead atoms. The first-order valence-electron chi connectivity index (χ1n) is 23.7. The number of likely N-dealkylation sites (N-methyl/N-ethyl adjacent to an activating group) is 1. The van der Waals surface area contributed by atoms with Gasteiger partial charge in [0.1, 0.15) is 25.5 Å². The van der Waals surface area contributed by atoms with Gasteiger partial charge in [0.15, 0.2) is 17.2 Å². The topological polar surface area (TPSA) is 187 Å². The highest BCUT2D eigenvalue weighted by Crippen LogP contribution is 2.63. The summed E-state index contributed by atoms with van der Waals surface area (Å²) in [7, 11) is 3.94. The van der Waals surface area contributed by atoms with E-state index in [1.807, 2.05) is 7.05 Å². The molecule has 7 aliphatic rings. The standard InChI is InChI=1S/C47H75N7O5/c1-7-51-37-25-32-14-9-8-13-31(32)24-35(37)27-58-43(57)47-42(56)39-33(23-29(2)3)15-12-16-36(39)41(55)46(47,59-47)21-17-30(4)45(19-10-11-20-45)40(54-44(48)50-6)34-18-22-52-38(26-34)53-28-49-5/h9,14,17,25,29,31,33-40,49,51-53H,7-8,10-13,15-16,18-24,26-28H2,1-6H3,(H3,48,50,54)/p+4. The molecule has 11 N–H and O–H groups in total. The van der Waals surface area contributed by atoms with Gasteiger partial charge in [-0.05, 0) is 94.6 Å². The first kappa shape index (κ1) is 44.2. The Morgan fingerprint density at radius 2 is 1.92 bits per heavy atom. The Labute approximate surface area is 353 Å². The molecule has 7 rings (SSSR count). The van der Waals surface area contributed by atoms with E-state index in [-0.39, 0.29) is 53.9 Å². The summed E-state index contributed by atoms with van der Waals surface area (Å²) in [5, 5.41) is 14.4. The molecule has 5 aliphatic carbocycles. The van der Waals surface area contributed by atoms with E-state index in [9.17, 15) is 4.79 Å². The highest BCUT2D eigenvalue weighted by atomic mass is 16.7. The lowest BCUT2D eigenvalue weighted by molar-refractivity contribution is -0.717. The van der Waals surface area contributed by atoms with E-state index in [4.69, 9.17) is 15.2 Å². The maximum absolute atomic E-state index is 15.2. The summed E-state index contributed by atoms with van der Waals surface area (Å²) in [4.78, 5) is 48.3. The van der Waals surface area contributed by atoms with Gasteiger partial charge < -0.3 is 25.4 Å². The number of Topliss-reactive ketones (excluding diaryl/α,β-unsaturated/α-hetero) is 2. The summed E-state index contributed by atoms with van der Waals surface area (Å²) in [6, 6.07) is 0.262. The second-order valence-electron chi connectivity index (χ2n) is 19.9. The number of carbonyl (C=O) groups is 3. The number of carbonyl (C=O) groups excluding carboxylic acids is 3. The van der Waals surface area contributed by atoms with Gasteiger partial charge in [0.05, 0.1) is 33.2 Å². The van der Waals surface area contributed by atoms with Gasteiger partial charge in [-0.1, -0.05) is 56.9 Å². The number of guanidine groups is 1. The molecule has 328 valence electrons. The van der Waals surface area contributed by atoms with Gasteiger partial charge in [-0.3, -0.25) is 25.6 Å². The molecule has 0 aromatic rings. The lowest BCUT2D eigenvalue weighted by atomic mass is 9.56. The Kier molecular flexibility index (Phi) is 13.9. The number of esters is 1. The van der Waals surface area contributed by atoms with Crippen LogP contribution < -0.4 is 37.3 Å². The van der Waals surface area contributed by atoms with Gasteiger partial charge in [-0.2, -0.15) is 0 Å². The molecule has 12 heteroatoms. The molecule has 11 unspecified atom stereocenters. The number of ether oxygens (including phenoxy) is 2. The third-order valence-corrected chi connectivity index (χ3v) is 16.0. The van der Waals surface area contributed by atoms with E-state index < -0.39 is 29.0 Å². The molecular formula is C47H79N7O5+4. The largest absolute Gasteiger partial charge is 0.463 e. The molecule has 12 nitrogen and oxygen atoms in total. The molecule has 0 aromatic heterocycles. The zero-order chi connectivity index (χ0) is 42.0. The van der Waals surface area contributed by atoms with Crippen molar-refractivity contribution in [1.29, 1.82) is 0 Å². The number of rotatable bonds is 16. The normalized spacial score (nSPS) is 37.3. The number of hydrogen-bond donors (Lipinski definition) is 7. The average Bonchev–Trinajstić information content (AvgIpc) is 3.71. The molecule has 2 aliphatic heterocycles. The first-order chi connectivity index (χ1) is 28.4. The second kappa shape index (κ2) is 18.6. The molecule has 0 amide bonds. The molecule has 2 saturated heterocycles. The highest BCUT2D eigenvalue weighted by molar-refractivity contribution is 6.23. The smallest absolute Gasteiger partial charge is 0.350 e. The van der Waals surface area contributed by atoms with Crippen molar-refractivity contribution in [1.82, 2.24) is 10.6 Å². The van der Waals surface area contributed by atoms with Gasteiger partial charge in [-0.25, -0.2) is 10.1 Å². The minimum atomic E-state index is -1.89. The molecular weight excluding hydrogens is 743 g/mol. The van der Waals surface area contributed by atoms with E-state index in [0.29, 0.717) is 36.3 Å². The Hall–Kier alpha value is -2.90. The number of hydrogen-bond acceptors (Lipinski definition) is 6. The number of allylic oxidation sites excluding steroid dienone is 3. The minimum absolute atomic E-state index is 0.0552. The third-order valence-electron chi connectivity index (χ3n) is 16.0. The molecule has 0 aromatic carbocycles. The van der Waals surface area contributed by atoms with Crippen LogP contribution in [0.5, 0.6) is 0 Å². The van der Waals surface area contributed by atoms with E-state index in [2.05, 4.69) is 90.6 Å². The first-order valence-corrected chi connectivity index (χ1v) is 23.7. The predicted octanol–water partition coefficient (Wildman–Crippen LogP) is 0.0521. The van der Waals surface area contributed by atoms with Gasteiger partial charge in [0.2, 0.25) is 0 Å². The minimum Gasteiger partial charge on any atom is -0.463 e. The Balaban J connectivity index is 1.20. The lowest BCUT2D eigenvalue weighted by Gasteiger charge is -2.44. The number of nitrogens with one attached hydrogen (secondary N) is 3. The van der Waals surface area contributed by atoms with Crippen LogP contribution in [-0.2, 0) is 23.9 Å². The maximum Gasteiger partial charge on any atom is 0.350 e. The number of quaternary nitrogens is 3. The quantitative estimate of drug-likeness (QED) is 0.0217. The van der Waals surface area contributed by atoms with Crippen LogP contribution >= 0.6 is 0 Å². The van der Waals surface area contributed by atoms with Crippen LogP contribution in [0.25, 0.3) is 0 Å². The van der Waals surface area contributed by atoms with Crippen LogP contribution in [0.3, 0.4) is 0 Å². The van der Waals surface area contributed by atoms with Crippen molar-refractivity contribution in [3.63, 3.8) is 0 Å². The molecule has 2 heterocycles. The van der Waals surface area contributed by atoms with Crippen LogP contribution in [0, 0.1) is 46.8 Å². The molecule has 11 atom stereocenters. The monoisotopic (exact) mass is 822 g/mol. The molecule has 0 radical (unpaired) electrons. The third kappa shape index (κ3) is 8.39. The molecule has 59 heavy (non-hydrogen) atoms. The zero-order valence-corrected chi connectivity index (χ0v) is 37.2. The number of ketones is 2. The second-order valence-corrected chi connectivity index (χ2v) is 19.9. The predicted molar refractivity (Wildman–Crippen MR) is 227 cm³/mol. The summed E-state index contributed by atoms with van der Waals surface area (Å²) < 4.78 is 13.0. The number of piperidine rings is 1. The van der Waals surface area contributed by atoms with Gasteiger partial charge in [0.25, 0.3) is 5.60 Å². The fourth-order valence-electron chi connectivity index (χ4n) is 13.0. The summed E-state index contributed by atoms with van der Waals surface area (Å²) >= 11 is 0. The molecule has 0 spiro atoms. The lowest BCUT2D eigenvalue weighted by Crippen LogP contribution is -2.98. The Bertz CT molecular complexity index is 1670. The van der Waals surface area contributed by atoms with Gasteiger partial charge in [0, 0.05) is 48.3 Å². The van der Waals surface area contributed by atoms with Crippen molar-refractivity contribution in [2.45, 2.75) is 147 Å². The van der Waals surface area contributed by atoms with Crippen molar-refractivity contribution in [2.75, 3.05) is 40.5 Å². The van der Waals surface area contributed by atoms with Gasteiger partial charge >= 0.3 is 11.9 Å². The van der Waals surface area contributed by atoms with Crippen molar-refractivity contribution in [2.24, 2.45) is 52.6 Å². The fraction of sp³-hybridized carbons (Fsp3) is 0.787. The van der Waals surface area contributed by atoms with Crippen LogP contribution in [0.15, 0.2) is 35.5 Å². The van der Waals surface area contributed by atoms with Gasteiger partial charge in [-0.15, -0.1) is 0 Å². The molecule has 5 fully saturated rings. The maximum atomic E-state index is 15.2. The fourth-order valence-corrected chi connectivity index (χ4v) is 13.0. The SMILES string of the molecule is CC[NH2+]C1C=C2C=CCCC2CC1COC(=O)C12OC1(CC=C(C)C1(C(NC(N)=[NH+]C)C3CC[NH2+]C(NC[NH2+]C)C3)CCCC1)C(=O)C1CCCC(CC(C)C)C1C2=O. The average molecular weight is 822 g/mol. The van der Waals surface area contributed by atoms with E-state index in [1.165, 1.54) is 11.1 Å². The zero-order valence-electron chi connectivity index (χ0n) is 37.2. The number of fused-ring (bicyclic) bond motifs is 3. The summed E-state index contributed by atoms with van der Waals surface area (Å²) in [5.74, 6) is 0.122. The van der Waals surface area contributed by atoms with Crippen molar-refractivity contribution >= 4 is 23.5 Å². The van der Waals surface area contributed by atoms with Crippen LogP contribution in [0.1, 0.15) is 118 Å². The van der Waals surface area contributed by atoms with Crippen LogP contribution in [0.2, 0.25) is 0 Å². The van der Waals surface area contributed by atoms with Crippen LogP contribution in [-0.4, -0.2) is 93.4 Å². The number of epoxide rings is 1. The van der Waals surface area contributed by atoms with Crippen molar-refractivity contribution < 1.29 is 44.8 Å². The van der Waals surface area contributed by atoms with Crippen molar-refractivity contribution in [3.05, 3.63) is 35.5 Å². The number of nitrogens with two attached hydrogens (primary N) is 4. The molecule has 3 saturated carbocycles. The summed E-state index contributed by atoms with van der Waals surface area (Å²) in [6.07, 6.45) is 22.3. The Morgan fingerprint density at radius 1 is 1.12 bits per heavy atom. The van der Waals surface area contributed by atoms with Crippen molar-refractivity contribution in [3.8, 4) is 0 Å². The Morgan fingerprint density at radius 3 is 2.64 bits per heavy atom. The van der Waals surface area contributed by atoms with E-state index >= 15 is 9.59 Å². The summed E-state index contributed by atoms with van der Waals surface area (Å²) in [6.45, 7) is 11.8. The van der Waals surface area contributed by atoms with E-state index in [1.54, 1.807) is 0 Å². The van der Waals surface area contributed by atoms with E-state index in [0.717, 1.165) is 96.8 Å². The summed E-state index contributed by atoms with van der Waals surface area (Å²) in [5.41, 5.74) is 5.51.